The highest BCUT2D eigenvalue weighted by Gasteiger charge is 2.23. The molecule has 2 heterocycles. The minimum absolute atomic E-state index is 0.340. The molecule has 0 fully saturated rings. The number of amidine groups is 1. The molecule has 0 bridgehead atoms. The molecule has 4 rings (SSSR count). The summed E-state index contributed by atoms with van der Waals surface area (Å²) in [4.78, 5) is 25.4. The zero-order valence-electron chi connectivity index (χ0n) is 17.0. The molecule has 0 saturated carbocycles. The fourth-order valence-electron chi connectivity index (χ4n) is 2.77. The number of hydrogen-bond acceptors (Lipinski definition) is 7. The van der Waals surface area contributed by atoms with Gasteiger partial charge in [-0.15, -0.1) is 0 Å². The van der Waals surface area contributed by atoms with Crippen molar-refractivity contribution in [1.82, 2.24) is 9.97 Å². The lowest BCUT2D eigenvalue weighted by atomic mass is 10.2. The van der Waals surface area contributed by atoms with Gasteiger partial charge in [0, 0.05) is 12.4 Å². The van der Waals surface area contributed by atoms with Crippen LogP contribution in [0.3, 0.4) is 0 Å². The quantitative estimate of drug-likeness (QED) is 0.509. The van der Waals surface area contributed by atoms with E-state index in [2.05, 4.69) is 25.0 Å². The third-order valence-corrected chi connectivity index (χ3v) is 7.49. The number of benzene rings is 2. The van der Waals surface area contributed by atoms with E-state index in [1.165, 1.54) is 0 Å². The molecule has 0 radical (unpaired) electrons. The number of nitrogens with one attached hydrogen (secondary N) is 2. The van der Waals surface area contributed by atoms with Crippen molar-refractivity contribution in [3.05, 3.63) is 64.3 Å². The number of hydrogen-bond donors (Lipinski definition) is 2. The lowest BCUT2D eigenvalue weighted by molar-refractivity contribution is -0.113. The number of carbonyl (C=O) groups is 1. The van der Waals surface area contributed by atoms with Crippen LogP contribution in [0.2, 0.25) is 5.02 Å². The van der Waals surface area contributed by atoms with Crippen molar-refractivity contribution < 1.29 is 13.2 Å². The average Bonchev–Trinajstić information content (AvgIpc) is 3.08. The Morgan fingerprint density at radius 1 is 1.06 bits per heavy atom. The van der Waals surface area contributed by atoms with Crippen LogP contribution in [0.1, 0.15) is 19.4 Å². The Bertz CT molecular complexity index is 1390. The van der Waals surface area contributed by atoms with Crippen molar-refractivity contribution >= 4 is 72.9 Å². The fraction of sp³-hybridized carbons (Fsp3) is 0.143. The Morgan fingerprint density at radius 3 is 2.56 bits per heavy atom. The second-order valence-electron chi connectivity index (χ2n) is 7.15. The van der Waals surface area contributed by atoms with Gasteiger partial charge in [-0.1, -0.05) is 17.7 Å². The Balaban J connectivity index is 1.52. The summed E-state index contributed by atoms with van der Waals surface area (Å²) in [6.07, 6.45) is 4.96. The van der Waals surface area contributed by atoms with Gasteiger partial charge < -0.3 is 5.32 Å². The van der Waals surface area contributed by atoms with Crippen LogP contribution in [-0.2, 0) is 14.8 Å². The monoisotopic (exact) mass is 487 g/mol. The number of anilines is 2. The highest BCUT2D eigenvalue weighted by Crippen LogP contribution is 2.33. The minimum atomic E-state index is -3.51. The van der Waals surface area contributed by atoms with Crippen molar-refractivity contribution in [2.45, 2.75) is 19.1 Å². The highest BCUT2D eigenvalue weighted by atomic mass is 35.5. The molecular weight excluding hydrogens is 470 g/mol. The molecule has 32 heavy (non-hydrogen) atoms. The van der Waals surface area contributed by atoms with Gasteiger partial charge in [0.2, 0.25) is 10.0 Å². The van der Waals surface area contributed by atoms with E-state index in [0.29, 0.717) is 26.5 Å². The van der Waals surface area contributed by atoms with E-state index < -0.39 is 15.3 Å². The Labute approximate surface area is 194 Å². The van der Waals surface area contributed by atoms with Gasteiger partial charge in [0.1, 0.15) is 0 Å². The molecule has 1 amide bonds. The van der Waals surface area contributed by atoms with E-state index in [1.807, 2.05) is 18.2 Å². The first kappa shape index (κ1) is 22.3. The standard InChI is InChI=1S/C21H18ClN5O3S2/c1-12(2)32(29,30)27-14-4-5-15(22)17(11-14)25-21-26-20(28)19(31-21)10-13-3-6-16-18(9-13)24-8-7-23-16/h3-12,27H,1-2H3,(H,25,26,28). The predicted octanol–water partition coefficient (Wildman–Crippen LogP) is 4.52. The molecule has 0 spiro atoms. The summed E-state index contributed by atoms with van der Waals surface area (Å²) in [5.74, 6) is -0.385. The molecule has 8 nitrogen and oxygen atoms in total. The predicted molar refractivity (Wildman–Crippen MR) is 130 cm³/mol. The minimum Gasteiger partial charge on any atom is -0.333 e. The smallest absolute Gasteiger partial charge is 0.286 e. The molecule has 1 aromatic heterocycles. The molecule has 0 aliphatic carbocycles. The molecule has 2 N–H and O–H groups in total. The number of fused-ring (bicyclic) bond motifs is 1. The Kier molecular flexibility index (Phi) is 6.18. The summed E-state index contributed by atoms with van der Waals surface area (Å²) in [7, 11) is -3.51. The number of thioether (sulfide) groups is 1. The van der Waals surface area contributed by atoms with Crippen LogP contribution in [0.15, 0.2) is 58.7 Å². The van der Waals surface area contributed by atoms with E-state index >= 15 is 0 Å². The molecule has 0 atom stereocenters. The maximum Gasteiger partial charge on any atom is 0.286 e. The van der Waals surface area contributed by atoms with Crippen LogP contribution < -0.4 is 10.0 Å². The maximum atomic E-state index is 12.4. The fourth-order valence-corrected chi connectivity index (χ4v) is 4.45. The molecule has 0 saturated heterocycles. The van der Waals surface area contributed by atoms with Crippen molar-refractivity contribution in [1.29, 1.82) is 0 Å². The second-order valence-corrected chi connectivity index (χ2v) is 10.8. The van der Waals surface area contributed by atoms with E-state index in [1.54, 1.807) is 50.5 Å². The summed E-state index contributed by atoms with van der Waals surface area (Å²) in [5, 5.41) is 3.12. The molecule has 1 aliphatic heterocycles. The van der Waals surface area contributed by atoms with Gasteiger partial charge in [-0.3, -0.25) is 19.5 Å². The summed E-state index contributed by atoms with van der Waals surface area (Å²) in [6.45, 7) is 3.17. The SMILES string of the molecule is CC(C)S(=O)(=O)Nc1ccc(Cl)c(NC2=NC(=O)C(=Cc3ccc4nccnc4c3)S2)c1. The number of aromatic nitrogens is 2. The van der Waals surface area contributed by atoms with Crippen molar-refractivity contribution in [2.24, 2.45) is 4.99 Å². The van der Waals surface area contributed by atoms with Crippen molar-refractivity contribution in [2.75, 3.05) is 10.0 Å². The lowest BCUT2D eigenvalue weighted by Crippen LogP contribution is -2.22. The van der Waals surface area contributed by atoms with Crippen LogP contribution in [0, 0.1) is 0 Å². The highest BCUT2D eigenvalue weighted by molar-refractivity contribution is 8.18. The van der Waals surface area contributed by atoms with E-state index in [4.69, 9.17) is 11.6 Å². The molecule has 2 aromatic carbocycles. The first-order chi connectivity index (χ1) is 15.2. The number of aliphatic imine (C=N–C) groups is 1. The van der Waals surface area contributed by atoms with Gasteiger partial charge in [0.15, 0.2) is 5.17 Å². The van der Waals surface area contributed by atoms with Crippen molar-refractivity contribution in [3.63, 3.8) is 0 Å². The van der Waals surface area contributed by atoms with Gasteiger partial charge in [0.25, 0.3) is 5.91 Å². The van der Waals surface area contributed by atoms with Crippen LogP contribution in [0.4, 0.5) is 11.4 Å². The first-order valence-corrected chi connectivity index (χ1v) is 12.3. The number of halogens is 1. The molecular formula is C21H18ClN5O3S2. The number of nitrogens with zero attached hydrogens (tertiary/aromatic N) is 3. The van der Waals surface area contributed by atoms with E-state index in [-0.39, 0.29) is 5.91 Å². The lowest BCUT2D eigenvalue weighted by Gasteiger charge is -2.13. The van der Waals surface area contributed by atoms with Gasteiger partial charge in [0.05, 0.1) is 37.6 Å². The number of rotatable bonds is 5. The van der Waals surface area contributed by atoms with Crippen LogP contribution in [-0.4, -0.2) is 34.7 Å². The van der Waals surface area contributed by atoms with Gasteiger partial charge in [-0.25, -0.2) is 8.42 Å². The zero-order chi connectivity index (χ0) is 22.9. The average molecular weight is 488 g/mol. The van der Waals surface area contributed by atoms with Gasteiger partial charge in [-0.05, 0) is 67.6 Å². The van der Waals surface area contributed by atoms with Crippen LogP contribution in [0.5, 0.6) is 0 Å². The molecule has 3 aromatic rings. The summed E-state index contributed by atoms with van der Waals surface area (Å²) < 4.78 is 26.8. The van der Waals surface area contributed by atoms with Crippen LogP contribution in [0.25, 0.3) is 17.1 Å². The third-order valence-electron chi connectivity index (χ3n) is 4.50. The normalized spacial score (nSPS) is 15.4. The molecule has 1 aliphatic rings. The van der Waals surface area contributed by atoms with Crippen LogP contribution >= 0.6 is 23.4 Å². The van der Waals surface area contributed by atoms with Gasteiger partial charge >= 0.3 is 0 Å². The number of amides is 1. The maximum absolute atomic E-state index is 12.4. The summed E-state index contributed by atoms with van der Waals surface area (Å²) in [6, 6.07) is 10.2. The molecule has 11 heteroatoms. The third kappa shape index (κ3) is 4.93. The first-order valence-electron chi connectivity index (χ1n) is 9.53. The van der Waals surface area contributed by atoms with Crippen molar-refractivity contribution in [3.8, 4) is 0 Å². The number of carbonyl (C=O) groups excluding carboxylic acids is 1. The summed E-state index contributed by atoms with van der Waals surface area (Å²) >= 11 is 7.41. The van der Waals surface area contributed by atoms with Gasteiger partial charge in [-0.2, -0.15) is 4.99 Å². The van der Waals surface area contributed by atoms with E-state index in [0.717, 1.165) is 28.4 Å². The van der Waals surface area contributed by atoms with E-state index in [9.17, 15) is 13.2 Å². The molecule has 164 valence electrons. The molecule has 0 unspecified atom stereocenters. The topological polar surface area (TPSA) is 113 Å². The largest absolute Gasteiger partial charge is 0.333 e. The number of sulfonamides is 1. The second kappa shape index (κ2) is 8.89. The summed E-state index contributed by atoms with van der Waals surface area (Å²) in [5.41, 5.74) is 3.07. The zero-order valence-corrected chi connectivity index (χ0v) is 19.4. The Hall–Kier alpha value is -2.95. The Morgan fingerprint density at radius 2 is 1.81 bits per heavy atom.